The fourth-order valence-electron chi connectivity index (χ4n) is 3.91. The smallest absolute Gasteiger partial charge is 0.262 e. The second-order valence-electron chi connectivity index (χ2n) is 8.18. The highest BCUT2D eigenvalue weighted by Crippen LogP contribution is 2.30. The van der Waals surface area contributed by atoms with Crippen LogP contribution in [-0.2, 0) is 13.6 Å². The van der Waals surface area contributed by atoms with E-state index < -0.39 is 6.04 Å². The summed E-state index contributed by atoms with van der Waals surface area (Å²) >= 11 is 7.45. The molecule has 3 aromatic heterocycles. The predicted molar refractivity (Wildman–Crippen MR) is 134 cm³/mol. The second-order valence-corrected chi connectivity index (χ2v) is 9.65. The van der Waals surface area contributed by atoms with Gasteiger partial charge in [0.1, 0.15) is 16.7 Å². The van der Waals surface area contributed by atoms with Crippen molar-refractivity contribution in [3.8, 4) is 0 Å². The van der Waals surface area contributed by atoms with Crippen molar-refractivity contribution in [1.29, 1.82) is 0 Å². The maximum absolute atomic E-state index is 13.4. The fraction of sp³-hybridized carbons (Fsp3) is 0.200. The van der Waals surface area contributed by atoms with E-state index in [1.54, 1.807) is 0 Å². The first-order valence-electron chi connectivity index (χ1n) is 10.8. The van der Waals surface area contributed by atoms with E-state index in [0.29, 0.717) is 22.3 Å². The summed E-state index contributed by atoms with van der Waals surface area (Å²) in [5, 5.41) is 18.0. The van der Waals surface area contributed by atoms with Crippen LogP contribution in [0, 0.1) is 13.8 Å². The number of aromatic nitrogens is 5. The van der Waals surface area contributed by atoms with Crippen molar-refractivity contribution >= 4 is 39.1 Å². The van der Waals surface area contributed by atoms with E-state index >= 15 is 0 Å². The molecule has 1 N–H and O–H groups in total. The molecule has 0 aliphatic rings. The number of nitrogens with zero attached hydrogens (tertiary/aromatic N) is 5. The van der Waals surface area contributed by atoms with Crippen LogP contribution >= 0.6 is 22.9 Å². The number of hydrogen-bond donors (Lipinski definition) is 1. The molecular formula is C25H23ClN6OS. The van der Waals surface area contributed by atoms with E-state index in [-0.39, 0.29) is 5.91 Å². The van der Waals surface area contributed by atoms with Crippen LogP contribution in [0.2, 0.25) is 5.02 Å². The molecule has 5 aromatic rings. The van der Waals surface area contributed by atoms with Gasteiger partial charge in [0, 0.05) is 17.5 Å². The summed E-state index contributed by atoms with van der Waals surface area (Å²) in [6.45, 7) is 4.46. The van der Waals surface area contributed by atoms with Crippen LogP contribution in [0.1, 0.15) is 44.2 Å². The Hall–Kier alpha value is -3.49. The van der Waals surface area contributed by atoms with E-state index in [4.69, 9.17) is 11.6 Å². The Morgan fingerprint density at radius 3 is 2.50 bits per heavy atom. The Bertz CT molecular complexity index is 1470. The Balaban J connectivity index is 1.46. The standard InChI is InChI=1S/C25H23ClN6OS/c1-15-20-13-21(34-25(20)32(30-15)14-17-9-11-19(26)12-10-17)24(33)27-22(18-7-5-4-6-8-18)23-29-28-16(2)31(23)3/h4-13,22H,14H2,1-3H3,(H,27,33)/t22-/m1/s1. The summed E-state index contributed by atoms with van der Waals surface area (Å²) in [7, 11) is 1.90. The summed E-state index contributed by atoms with van der Waals surface area (Å²) in [6.07, 6.45) is 0. The first kappa shape index (κ1) is 22.3. The van der Waals surface area contributed by atoms with Gasteiger partial charge >= 0.3 is 0 Å². The average Bonchev–Trinajstić information content (AvgIpc) is 3.51. The lowest BCUT2D eigenvalue weighted by atomic mass is 10.1. The van der Waals surface area contributed by atoms with Gasteiger partial charge in [0.05, 0.1) is 17.1 Å². The Morgan fingerprint density at radius 2 is 1.82 bits per heavy atom. The number of thiophene rings is 1. The minimum Gasteiger partial charge on any atom is -0.337 e. The summed E-state index contributed by atoms with van der Waals surface area (Å²) in [5.74, 6) is 1.31. The molecule has 0 saturated heterocycles. The van der Waals surface area contributed by atoms with Gasteiger partial charge in [0.15, 0.2) is 5.82 Å². The number of rotatable bonds is 6. The zero-order valence-corrected chi connectivity index (χ0v) is 20.6. The quantitative estimate of drug-likeness (QED) is 0.360. The summed E-state index contributed by atoms with van der Waals surface area (Å²) < 4.78 is 3.84. The predicted octanol–water partition coefficient (Wildman–Crippen LogP) is 5.06. The minimum absolute atomic E-state index is 0.159. The number of fused-ring (bicyclic) bond motifs is 1. The Kier molecular flexibility index (Phi) is 5.93. The maximum atomic E-state index is 13.4. The topological polar surface area (TPSA) is 77.6 Å². The molecule has 2 aromatic carbocycles. The third-order valence-corrected chi connectivity index (χ3v) is 7.27. The SMILES string of the molecule is Cc1nn(Cc2ccc(Cl)cc2)c2sc(C(=O)N[C@H](c3ccccc3)c3nnc(C)n3C)cc12. The number of aryl methyl sites for hydroxylation is 2. The number of benzene rings is 2. The van der Waals surface area contributed by atoms with Crippen molar-refractivity contribution in [1.82, 2.24) is 29.9 Å². The molecule has 0 bridgehead atoms. The number of carbonyl (C=O) groups is 1. The van der Waals surface area contributed by atoms with Crippen molar-refractivity contribution < 1.29 is 4.79 Å². The van der Waals surface area contributed by atoms with Gasteiger partial charge in [0.2, 0.25) is 0 Å². The molecule has 9 heteroatoms. The van der Waals surface area contributed by atoms with Gasteiger partial charge in [0.25, 0.3) is 5.91 Å². The first-order valence-corrected chi connectivity index (χ1v) is 12.0. The Morgan fingerprint density at radius 1 is 1.09 bits per heavy atom. The normalized spacial score (nSPS) is 12.2. The third-order valence-electron chi connectivity index (χ3n) is 5.87. The zero-order chi connectivity index (χ0) is 23.8. The van der Waals surface area contributed by atoms with Crippen LogP contribution in [-0.4, -0.2) is 30.5 Å². The lowest BCUT2D eigenvalue weighted by molar-refractivity contribution is 0.0945. The van der Waals surface area contributed by atoms with E-state index in [9.17, 15) is 4.79 Å². The number of amides is 1. The van der Waals surface area contributed by atoms with Crippen LogP contribution in [0.15, 0.2) is 60.7 Å². The number of carbonyl (C=O) groups excluding carboxylic acids is 1. The molecule has 0 spiro atoms. The highest BCUT2D eigenvalue weighted by Gasteiger charge is 2.25. The van der Waals surface area contributed by atoms with Crippen LogP contribution < -0.4 is 5.32 Å². The molecule has 0 radical (unpaired) electrons. The molecule has 0 fully saturated rings. The number of nitrogens with one attached hydrogen (secondary N) is 1. The molecule has 5 rings (SSSR count). The first-order chi connectivity index (χ1) is 16.4. The highest BCUT2D eigenvalue weighted by atomic mass is 35.5. The van der Waals surface area contributed by atoms with Gasteiger partial charge in [-0.15, -0.1) is 21.5 Å². The number of halogens is 1. The average molecular weight is 491 g/mol. The minimum atomic E-state index is -0.420. The summed E-state index contributed by atoms with van der Waals surface area (Å²) in [6, 6.07) is 19.0. The number of hydrogen-bond acceptors (Lipinski definition) is 5. The molecule has 34 heavy (non-hydrogen) atoms. The van der Waals surface area contributed by atoms with E-state index in [1.807, 2.05) is 90.8 Å². The van der Waals surface area contributed by atoms with Gasteiger partial charge in [-0.1, -0.05) is 54.1 Å². The van der Waals surface area contributed by atoms with E-state index in [1.165, 1.54) is 11.3 Å². The van der Waals surface area contributed by atoms with E-state index in [0.717, 1.165) is 32.9 Å². The van der Waals surface area contributed by atoms with Gasteiger partial charge in [-0.25, -0.2) is 0 Å². The fourth-order valence-corrected chi connectivity index (χ4v) is 5.10. The molecule has 172 valence electrons. The van der Waals surface area contributed by atoms with Crippen molar-refractivity contribution in [2.45, 2.75) is 26.4 Å². The molecule has 1 amide bonds. The zero-order valence-electron chi connectivity index (χ0n) is 19.0. The van der Waals surface area contributed by atoms with Gasteiger partial charge in [-0.05, 0) is 43.2 Å². The van der Waals surface area contributed by atoms with Crippen LogP contribution in [0.25, 0.3) is 10.2 Å². The summed E-state index contributed by atoms with van der Waals surface area (Å²) in [5.41, 5.74) is 2.93. The van der Waals surface area contributed by atoms with Crippen LogP contribution in [0.3, 0.4) is 0 Å². The van der Waals surface area contributed by atoms with Crippen molar-refractivity contribution in [2.75, 3.05) is 0 Å². The molecule has 7 nitrogen and oxygen atoms in total. The Labute approximate surface area is 206 Å². The van der Waals surface area contributed by atoms with Crippen molar-refractivity contribution in [2.24, 2.45) is 7.05 Å². The molecule has 0 saturated carbocycles. The lowest BCUT2D eigenvalue weighted by Gasteiger charge is -2.18. The molecule has 0 aliphatic carbocycles. The lowest BCUT2D eigenvalue weighted by Crippen LogP contribution is -2.30. The molecule has 3 heterocycles. The third kappa shape index (κ3) is 4.22. The molecule has 1 atom stereocenters. The molecular weight excluding hydrogens is 468 g/mol. The molecule has 0 unspecified atom stereocenters. The van der Waals surface area contributed by atoms with Crippen LogP contribution in [0.4, 0.5) is 0 Å². The maximum Gasteiger partial charge on any atom is 0.262 e. The van der Waals surface area contributed by atoms with Crippen LogP contribution in [0.5, 0.6) is 0 Å². The molecule has 0 aliphatic heterocycles. The van der Waals surface area contributed by atoms with Gasteiger partial charge in [-0.2, -0.15) is 5.10 Å². The van der Waals surface area contributed by atoms with Gasteiger partial charge < -0.3 is 9.88 Å². The van der Waals surface area contributed by atoms with Gasteiger partial charge in [-0.3, -0.25) is 9.48 Å². The van der Waals surface area contributed by atoms with Crippen molar-refractivity contribution in [3.05, 3.63) is 99.0 Å². The highest BCUT2D eigenvalue weighted by molar-refractivity contribution is 7.20. The second kappa shape index (κ2) is 9.04. The van der Waals surface area contributed by atoms with Crippen molar-refractivity contribution in [3.63, 3.8) is 0 Å². The van der Waals surface area contributed by atoms with E-state index in [2.05, 4.69) is 20.6 Å². The monoisotopic (exact) mass is 490 g/mol. The largest absolute Gasteiger partial charge is 0.337 e. The summed E-state index contributed by atoms with van der Waals surface area (Å²) in [4.78, 5) is 15.0.